The van der Waals surface area contributed by atoms with Crippen molar-refractivity contribution in [3.63, 3.8) is 0 Å². The molecule has 0 saturated carbocycles. The molecule has 0 aromatic heterocycles. The molecule has 70 valence electrons. The Balaban J connectivity index is 3.19. The summed E-state index contributed by atoms with van der Waals surface area (Å²) < 4.78 is 0. The third-order valence-electron chi connectivity index (χ3n) is 2.35. The first-order valence-electron chi connectivity index (χ1n) is 4.61. The fourth-order valence-corrected chi connectivity index (χ4v) is 1.63. The molecule has 0 unspecified atom stereocenters. The second-order valence-corrected chi connectivity index (χ2v) is 3.18. The highest BCUT2D eigenvalue weighted by Gasteiger charge is 2.23. The summed E-state index contributed by atoms with van der Waals surface area (Å²) in [6.07, 6.45) is 2.75. The van der Waals surface area contributed by atoms with Crippen LogP contribution in [0.25, 0.3) is 0 Å². The number of ketones is 2. The zero-order valence-electron chi connectivity index (χ0n) is 8.31. The Labute approximate surface area is 78.3 Å². The number of allylic oxidation sites excluding steroid dienone is 4. The van der Waals surface area contributed by atoms with Crippen LogP contribution in [0.5, 0.6) is 0 Å². The van der Waals surface area contributed by atoms with Gasteiger partial charge in [-0.2, -0.15) is 0 Å². The van der Waals surface area contributed by atoms with Crippen LogP contribution in [-0.2, 0) is 9.59 Å². The van der Waals surface area contributed by atoms with Gasteiger partial charge in [-0.3, -0.25) is 9.59 Å². The van der Waals surface area contributed by atoms with Crippen LogP contribution in [0, 0.1) is 0 Å². The van der Waals surface area contributed by atoms with Gasteiger partial charge in [0.2, 0.25) is 0 Å². The van der Waals surface area contributed by atoms with Crippen molar-refractivity contribution in [2.24, 2.45) is 0 Å². The third kappa shape index (κ3) is 1.62. The largest absolute Gasteiger partial charge is 0.290 e. The van der Waals surface area contributed by atoms with Gasteiger partial charge in [0, 0.05) is 16.7 Å². The molecule has 1 aliphatic rings. The van der Waals surface area contributed by atoms with Gasteiger partial charge in [-0.15, -0.1) is 0 Å². The first kappa shape index (κ1) is 9.90. The van der Waals surface area contributed by atoms with Gasteiger partial charge in [0.05, 0.1) is 0 Å². The zero-order chi connectivity index (χ0) is 10.0. The van der Waals surface area contributed by atoms with Crippen LogP contribution in [0.1, 0.15) is 33.6 Å². The maximum atomic E-state index is 11.6. The van der Waals surface area contributed by atoms with Crippen molar-refractivity contribution in [1.82, 2.24) is 0 Å². The quantitative estimate of drug-likeness (QED) is 0.607. The number of rotatable bonds is 2. The summed E-state index contributed by atoms with van der Waals surface area (Å²) in [6.45, 7) is 5.52. The number of Topliss-reactive ketones (excluding diaryl/α,β-unsaturated/α-hetero) is 1. The summed E-state index contributed by atoms with van der Waals surface area (Å²) in [5, 5.41) is 0. The monoisotopic (exact) mass is 178 g/mol. The topological polar surface area (TPSA) is 34.1 Å². The number of carbonyl (C=O) groups is 2. The molecule has 13 heavy (non-hydrogen) atoms. The van der Waals surface area contributed by atoms with E-state index in [1.807, 2.05) is 13.8 Å². The van der Waals surface area contributed by atoms with Crippen molar-refractivity contribution >= 4 is 11.6 Å². The molecule has 1 aliphatic carbocycles. The van der Waals surface area contributed by atoms with E-state index in [1.54, 1.807) is 6.92 Å². The zero-order valence-corrected chi connectivity index (χ0v) is 8.31. The Morgan fingerprint density at radius 2 is 1.62 bits per heavy atom. The van der Waals surface area contributed by atoms with Gasteiger partial charge in [-0.1, -0.05) is 13.8 Å². The van der Waals surface area contributed by atoms with Gasteiger partial charge in [0.1, 0.15) is 0 Å². The van der Waals surface area contributed by atoms with E-state index in [0.29, 0.717) is 29.6 Å². The minimum atomic E-state index is 0.0106. The molecule has 0 fully saturated rings. The summed E-state index contributed by atoms with van der Waals surface area (Å²) in [4.78, 5) is 23.1. The molecule has 2 nitrogen and oxygen atoms in total. The Hall–Kier alpha value is -1.18. The van der Waals surface area contributed by atoms with Crippen molar-refractivity contribution in [3.05, 3.63) is 22.8 Å². The first-order valence-corrected chi connectivity index (χ1v) is 4.61. The smallest absolute Gasteiger partial charge is 0.185 e. The van der Waals surface area contributed by atoms with E-state index in [-0.39, 0.29) is 11.6 Å². The van der Waals surface area contributed by atoms with Crippen LogP contribution >= 0.6 is 0 Å². The normalized spacial score (nSPS) is 17.9. The lowest BCUT2D eigenvalue weighted by Crippen LogP contribution is -2.17. The summed E-state index contributed by atoms with van der Waals surface area (Å²) in [7, 11) is 0. The van der Waals surface area contributed by atoms with Crippen molar-refractivity contribution in [1.29, 1.82) is 0 Å². The number of hydrogen-bond acceptors (Lipinski definition) is 2. The molecule has 0 heterocycles. The van der Waals surface area contributed by atoms with Crippen LogP contribution in [0.4, 0.5) is 0 Å². The summed E-state index contributed by atoms with van der Waals surface area (Å²) >= 11 is 0. The molecule has 0 aromatic rings. The lowest BCUT2D eigenvalue weighted by atomic mass is 9.87. The van der Waals surface area contributed by atoms with Crippen molar-refractivity contribution in [2.45, 2.75) is 33.6 Å². The lowest BCUT2D eigenvalue weighted by Gasteiger charge is -2.14. The van der Waals surface area contributed by atoms with Gasteiger partial charge in [-0.05, 0) is 25.8 Å². The van der Waals surface area contributed by atoms with Gasteiger partial charge < -0.3 is 0 Å². The number of carbonyl (C=O) groups excluding carboxylic acids is 2. The fraction of sp³-hybridized carbons (Fsp3) is 0.455. The molecule has 0 amide bonds. The fourth-order valence-electron chi connectivity index (χ4n) is 1.63. The second-order valence-electron chi connectivity index (χ2n) is 3.18. The van der Waals surface area contributed by atoms with Crippen LogP contribution < -0.4 is 0 Å². The highest BCUT2D eigenvalue weighted by atomic mass is 16.1. The Kier molecular flexibility index (Phi) is 2.81. The van der Waals surface area contributed by atoms with Crippen LogP contribution in [0.15, 0.2) is 22.8 Å². The number of hydrogen-bond donors (Lipinski definition) is 0. The molecule has 0 saturated heterocycles. The van der Waals surface area contributed by atoms with Crippen LogP contribution in [0.2, 0.25) is 0 Å². The van der Waals surface area contributed by atoms with E-state index < -0.39 is 0 Å². The van der Waals surface area contributed by atoms with Gasteiger partial charge >= 0.3 is 0 Å². The van der Waals surface area contributed by atoms with E-state index in [1.165, 1.54) is 6.08 Å². The highest BCUT2D eigenvalue weighted by molar-refractivity contribution is 6.22. The summed E-state index contributed by atoms with van der Waals surface area (Å²) in [5.74, 6) is 0.0513. The van der Waals surface area contributed by atoms with Crippen molar-refractivity contribution in [3.8, 4) is 0 Å². The maximum absolute atomic E-state index is 11.6. The molecule has 0 atom stereocenters. The highest BCUT2D eigenvalue weighted by Crippen LogP contribution is 2.23. The molecular formula is C11H14O2. The molecule has 0 N–H and O–H groups in total. The minimum absolute atomic E-state index is 0.0106. The SMILES string of the molecule is CCC1=C(CC)C(=O)C(C)=CC1=O. The lowest BCUT2D eigenvalue weighted by molar-refractivity contribution is -0.116. The molecule has 1 rings (SSSR count). The van der Waals surface area contributed by atoms with Crippen molar-refractivity contribution in [2.75, 3.05) is 0 Å². The van der Waals surface area contributed by atoms with Crippen molar-refractivity contribution < 1.29 is 9.59 Å². The average Bonchev–Trinajstić information content (AvgIpc) is 2.10. The molecule has 0 aliphatic heterocycles. The molecule has 2 heteroatoms. The Bertz CT molecular complexity index is 319. The molecule has 0 bridgehead atoms. The van der Waals surface area contributed by atoms with E-state index >= 15 is 0 Å². The van der Waals surface area contributed by atoms with E-state index in [4.69, 9.17) is 0 Å². The summed E-state index contributed by atoms with van der Waals surface area (Å²) in [6, 6.07) is 0. The van der Waals surface area contributed by atoms with Gasteiger partial charge in [-0.25, -0.2) is 0 Å². The standard InChI is InChI=1S/C11H14O2/c1-4-8-9(5-2)11(13)7(3)6-10(8)12/h6H,4-5H2,1-3H3. The van der Waals surface area contributed by atoms with Gasteiger partial charge in [0.15, 0.2) is 11.6 Å². The first-order chi connectivity index (χ1) is 6.11. The second kappa shape index (κ2) is 3.69. The maximum Gasteiger partial charge on any atom is 0.185 e. The minimum Gasteiger partial charge on any atom is -0.290 e. The molecular weight excluding hydrogens is 164 g/mol. The Morgan fingerprint density at radius 1 is 1.08 bits per heavy atom. The summed E-state index contributed by atoms with van der Waals surface area (Å²) in [5.41, 5.74) is 1.96. The molecule has 0 aromatic carbocycles. The average molecular weight is 178 g/mol. The van der Waals surface area contributed by atoms with Crippen LogP contribution in [-0.4, -0.2) is 11.6 Å². The molecule has 0 spiro atoms. The third-order valence-corrected chi connectivity index (χ3v) is 2.35. The van der Waals surface area contributed by atoms with E-state index in [9.17, 15) is 9.59 Å². The van der Waals surface area contributed by atoms with E-state index in [0.717, 1.165) is 0 Å². The predicted molar refractivity (Wildman–Crippen MR) is 51.4 cm³/mol. The van der Waals surface area contributed by atoms with Crippen LogP contribution in [0.3, 0.4) is 0 Å². The predicted octanol–water partition coefficient (Wildman–Crippen LogP) is 2.20. The molecule has 0 radical (unpaired) electrons. The Morgan fingerprint density at radius 3 is 2.08 bits per heavy atom. The van der Waals surface area contributed by atoms with E-state index in [2.05, 4.69) is 0 Å². The van der Waals surface area contributed by atoms with Gasteiger partial charge in [0.25, 0.3) is 0 Å².